The van der Waals surface area contributed by atoms with Crippen LogP contribution in [-0.4, -0.2) is 41.8 Å². The van der Waals surface area contributed by atoms with Crippen LogP contribution in [0.3, 0.4) is 0 Å². The van der Waals surface area contributed by atoms with Gasteiger partial charge in [0.25, 0.3) is 0 Å². The number of nitrogens with zero attached hydrogens (tertiary/aromatic N) is 1. The van der Waals surface area contributed by atoms with Crippen molar-refractivity contribution in [1.82, 2.24) is 10.2 Å². The summed E-state index contributed by atoms with van der Waals surface area (Å²) in [6, 6.07) is 6.55. The molecule has 0 atom stereocenters. The van der Waals surface area contributed by atoms with Gasteiger partial charge in [-0.3, -0.25) is 0 Å². The molecule has 2 amide bonds. The van der Waals surface area contributed by atoms with Crippen LogP contribution in [0.15, 0.2) is 24.3 Å². The fraction of sp³-hybridized carbons (Fsp3) is 0.529. The Hall–Kier alpha value is -1.95. The number of carbonyl (C=O) groups excluding carboxylic acids is 2. The molecule has 0 unspecified atom stereocenters. The predicted octanol–water partition coefficient (Wildman–Crippen LogP) is 3.83. The minimum atomic E-state index is -0.506. The van der Waals surface area contributed by atoms with Crippen LogP contribution < -0.4 is 10.1 Å². The smallest absolute Gasteiger partial charge is 0.412 e. The first-order chi connectivity index (χ1) is 11.2. The molecule has 6 nitrogen and oxygen atoms in total. The first-order valence-electron chi connectivity index (χ1n) is 7.95. The molecule has 1 fully saturated rings. The molecule has 1 heterocycles. The molecular formula is C17H23ClN2O4. The van der Waals surface area contributed by atoms with Gasteiger partial charge >= 0.3 is 12.2 Å². The Morgan fingerprint density at radius 2 is 1.75 bits per heavy atom. The summed E-state index contributed by atoms with van der Waals surface area (Å²) in [6.45, 7) is 6.60. The van der Waals surface area contributed by atoms with E-state index in [-0.39, 0.29) is 12.1 Å². The van der Waals surface area contributed by atoms with Gasteiger partial charge in [-0.15, -0.1) is 0 Å². The molecule has 7 heteroatoms. The van der Waals surface area contributed by atoms with Gasteiger partial charge in [-0.2, -0.15) is 0 Å². The maximum Gasteiger partial charge on any atom is 0.412 e. The van der Waals surface area contributed by atoms with E-state index in [1.165, 1.54) is 0 Å². The largest absolute Gasteiger partial charge is 0.444 e. The molecule has 1 aromatic carbocycles. The standard InChI is InChI=1S/C17H23ClN2O4/c1-17(2,3)24-16(22)20-10-8-13(9-11-20)19-15(21)23-14-6-4-12(18)5-7-14/h4-7,13H,8-11H2,1-3H3,(H,19,21). The van der Waals surface area contributed by atoms with Crippen molar-refractivity contribution in [2.24, 2.45) is 0 Å². The van der Waals surface area contributed by atoms with E-state index in [0.717, 1.165) is 0 Å². The first kappa shape index (κ1) is 18.4. The average molecular weight is 355 g/mol. The first-order valence-corrected chi connectivity index (χ1v) is 8.32. The minimum absolute atomic E-state index is 0.0245. The maximum atomic E-state index is 12.0. The van der Waals surface area contributed by atoms with Crippen LogP contribution in [0.25, 0.3) is 0 Å². The molecule has 0 saturated carbocycles. The third-order valence-electron chi connectivity index (χ3n) is 3.49. The number of hydrogen-bond donors (Lipinski definition) is 1. The lowest BCUT2D eigenvalue weighted by Crippen LogP contribution is -2.48. The van der Waals surface area contributed by atoms with E-state index in [1.807, 2.05) is 20.8 Å². The fourth-order valence-corrected chi connectivity index (χ4v) is 2.46. The number of nitrogens with one attached hydrogen (secondary N) is 1. The molecule has 1 aromatic rings. The van der Waals surface area contributed by atoms with E-state index in [4.69, 9.17) is 21.1 Å². The number of likely N-dealkylation sites (tertiary alicyclic amines) is 1. The van der Waals surface area contributed by atoms with Gasteiger partial charge in [-0.25, -0.2) is 9.59 Å². The van der Waals surface area contributed by atoms with Crippen molar-refractivity contribution in [2.75, 3.05) is 13.1 Å². The highest BCUT2D eigenvalue weighted by Crippen LogP contribution is 2.17. The SMILES string of the molecule is CC(C)(C)OC(=O)N1CCC(NC(=O)Oc2ccc(Cl)cc2)CC1. The molecule has 1 N–H and O–H groups in total. The van der Waals surface area contributed by atoms with Crippen LogP contribution >= 0.6 is 11.6 Å². The third kappa shape index (κ3) is 5.92. The average Bonchev–Trinajstić information content (AvgIpc) is 2.48. The van der Waals surface area contributed by atoms with Gasteiger partial charge in [0.15, 0.2) is 0 Å². The lowest BCUT2D eigenvalue weighted by Gasteiger charge is -2.33. The Labute approximate surface area is 147 Å². The number of ether oxygens (including phenoxy) is 2. The van der Waals surface area contributed by atoms with E-state index in [2.05, 4.69) is 5.32 Å². The molecule has 1 aliphatic rings. The van der Waals surface area contributed by atoms with Crippen LogP contribution in [0.4, 0.5) is 9.59 Å². The molecule has 2 rings (SSSR count). The molecular weight excluding hydrogens is 332 g/mol. The molecule has 0 aromatic heterocycles. The van der Waals surface area contributed by atoms with Crippen molar-refractivity contribution in [3.05, 3.63) is 29.3 Å². The summed E-state index contributed by atoms with van der Waals surface area (Å²) in [7, 11) is 0. The number of halogens is 1. The monoisotopic (exact) mass is 354 g/mol. The van der Waals surface area contributed by atoms with E-state index >= 15 is 0 Å². The zero-order valence-corrected chi connectivity index (χ0v) is 14.9. The van der Waals surface area contributed by atoms with Crippen LogP contribution in [-0.2, 0) is 4.74 Å². The molecule has 24 heavy (non-hydrogen) atoms. The third-order valence-corrected chi connectivity index (χ3v) is 3.74. The lowest BCUT2D eigenvalue weighted by atomic mass is 10.1. The summed E-state index contributed by atoms with van der Waals surface area (Å²) in [5, 5.41) is 3.40. The summed E-state index contributed by atoms with van der Waals surface area (Å²) in [5.41, 5.74) is -0.505. The van der Waals surface area contributed by atoms with Crippen LogP contribution in [0, 0.1) is 0 Å². The quantitative estimate of drug-likeness (QED) is 0.876. The van der Waals surface area contributed by atoms with Crippen LogP contribution in [0.5, 0.6) is 5.75 Å². The second-order valence-corrected chi connectivity index (χ2v) is 7.17. The predicted molar refractivity (Wildman–Crippen MR) is 91.4 cm³/mol. The van der Waals surface area contributed by atoms with Crippen molar-refractivity contribution < 1.29 is 19.1 Å². The Morgan fingerprint density at radius 1 is 1.17 bits per heavy atom. The van der Waals surface area contributed by atoms with Gasteiger partial charge in [0.05, 0.1) is 0 Å². The van der Waals surface area contributed by atoms with E-state index in [1.54, 1.807) is 29.2 Å². The highest BCUT2D eigenvalue weighted by atomic mass is 35.5. The van der Waals surface area contributed by atoms with E-state index < -0.39 is 11.7 Å². The fourth-order valence-electron chi connectivity index (χ4n) is 2.34. The maximum absolute atomic E-state index is 12.0. The number of carbonyl (C=O) groups is 2. The zero-order chi connectivity index (χ0) is 17.7. The number of piperidine rings is 1. The van der Waals surface area contributed by atoms with Gasteiger partial charge in [0, 0.05) is 24.2 Å². The Bertz CT molecular complexity index is 575. The topological polar surface area (TPSA) is 67.9 Å². The number of amides is 2. The molecule has 0 spiro atoms. The van der Waals surface area contributed by atoms with Crippen molar-refractivity contribution in [3.8, 4) is 5.75 Å². The zero-order valence-electron chi connectivity index (χ0n) is 14.2. The van der Waals surface area contributed by atoms with Gasteiger partial charge in [-0.1, -0.05) is 11.6 Å². The van der Waals surface area contributed by atoms with E-state index in [0.29, 0.717) is 36.7 Å². The van der Waals surface area contributed by atoms with Crippen LogP contribution in [0.2, 0.25) is 5.02 Å². The Kier molecular flexibility index (Phi) is 5.94. The summed E-state index contributed by atoms with van der Waals surface area (Å²) in [6.07, 6.45) is 0.502. The Morgan fingerprint density at radius 3 is 2.29 bits per heavy atom. The molecule has 1 saturated heterocycles. The van der Waals surface area contributed by atoms with Crippen molar-refractivity contribution in [1.29, 1.82) is 0 Å². The molecule has 0 radical (unpaired) electrons. The molecule has 132 valence electrons. The van der Waals surface area contributed by atoms with Crippen molar-refractivity contribution >= 4 is 23.8 Å². The van der Waals surface area contributed by atoms with Gasteiger partial charge in [0.2, 0.25) is 0 Å². The minimum Gasteiger partial charge on any atom is -0.444 e. The highest BCUT2D eigenvalue weighted by Gasteiger charge is 2.27. The second-order valence-electron chi connectivity index (χ2n) is 6.73. The van der Waals surface area contributed by atoms with Crippen molar-refractivity contribution in [3.63, 3.8) is 0 Å². The normalized spacial score (nSPS) is 15.8. The lowest BCUT2D eigenvalue weighted by molar-refractivity contribution is 0.0200. The molecule has 1 aliphatic heterocycles. The van der Waals surface area contributed by atoms with E-state index in [9.17, 15) is 9.59 Å². The second kappa shape index (κ2) is 7.75. The number of hydrogen-bond acceptors (Lipinski definition) is 4. The number of rotatable bonds is 2. The summed E-state index contributed by atoms with van der Waals surface area (Å²) in [4.78, 5) is 25.5. The summed E-state index contributed by atoms with van der Waals surface area (Å²) >= 11 is 5.78. The van der Waals surface area contributed by atoms with Gasteiger partial charge in [-0.05, 0) is 57.9 Å². The summed E-state index contributed by atoms with van der Waals surface area (Å²) in [5.74, 6) is 0.433. The van der Waals surface area contributed by atoms with Gasteiger partial charge < -0.3 is 19.7 Å². The molecule has 0 bridgehead atoms. The molecule has 0 aliphatic carbocycles. The summed E-state index contributed by atoms with van der Waals surface area (Å²) < 4.78 is 10.5. The van der Waals surface area contributed by atoms with Crippen LogP contribution in [0.1, 0.15) is 33.6 Å². The highest BCUT2D eigenvalue weighted by molar-refractivity contribution is 6.30. The van der Waals surface area contributed by atoms with Crippen molar-refractivity contribution in [2.45, 2.75) is 45.3 Å². The van der Waals surface area contributed by atoms with Gasteiger partial charge in [0.1, 0.15) is 11.4 Å². The Balaban J connectivity index is 1.75. The number of benzene rings is 1.